The van der Waals surface area contributed by atoms with Crippen LogP contribution in [-0.4, -0.2) is 53.4 Å². The van der Waals surface area contributed by atoms with Crippen molar-refractivity contribution in [1.82, 2.24) is 9.88 Å². The fraction of sp³-hybridized carbons (Fsp3) is 0.522. The quantitative estimate of drug-likeness (QED) is 0.621. The Hall–Kier alpha value is -1.93. The average molecular weight is 476 g/mol. The molecule has 2 aromatic rings. The number of aromatic amines is 1. The molecule has 0 spiro atoms. The zero-order valence-electron chi connectivity index (χ0n) is 18.0. The first kappa shape index (κ1) is 21.9. The number of allylic oxidation sites excluding steroid dienone is 1. The van der Waals surface area contributed by atoms with Crippen LogP contribution in [0.15, 0.2) is 35.2 Å². The van der Waals surface area contributed by atoms with Gasteiger partial charge in [0.05, 0.1) is 31.5 Å². The maximum Gasteiger partial charge on any atom is 0.394 e. The summed E-state index contributed by atoms with van der Waals surface area (Å²) in [6.45, 7) is 3.90. The van der Waals surface area contributed by atoms with Crippen LogP contribution in [0.25, 0.3) is 10.9 Å². The lowest BCUT2D eigenvalue weighted by molar-refractivity contribution is -0.362. The molecule has 4 N–H and O–H groups in total. The summed E-state index contributed by atoms with van der Waals surface area (Å²) in [6, 6.07) is 5.01. The largest absolute Gasteiger partial charge is 0.402 e. The van der Waals surface area contributed by atoms with Gasteiger partial charge >= 0.3 is 5.95 Å². The summed E-state index contributed by atoms with van der Waals surface area (Å²) in [5.41, 5.74) is 8.39. The fourth-order valence-corrected chi connectivity index (χ4v) is 5.10. The minimum Gasteiger partial charge on any atom is -0.402 e. The number of nitrogens with one attached hydrogen (secondary N) is 2. The number of piperidine rings is 1. The summed E-state index contributed by atoms with van der Waals surface area (Å²) in [4.78, 5) is 15.0. The molecule has 3 heterocycles. The third-order valence-corrected chi connectivity index (χ3v) is 7.49. The van der Waals surface area contributed by atoms with Crippen LogP contribution in [-0.2, 0) is 4.74 Å². The molecule has 0 amide bonds. The Kier molecular flexibility index (Phi) is 6.51. The summed E-state index contributed by atoms with van der Waals surface area (Å²) in [6.07, 6.45) is 8.87. The van der Waals surface area contributed by atoms with E-state index in [0.29, 0.717) is 34.8 Å². The number of H-pyrrole nitrogens is 1. The number of rotatable bonds is 6. The Morgan fingerprint density at radius 3 is 2.66 bits per heavy atom. The lowest BCUT2D eigenvalue weighted by atomic mass is 9.88. The van der Waals surface area contributed by atoms with Crippen LogP contribution in [0.1, 0.15) is 43.6 Å². The van der Waals surface area contributed by atoms with Gasteiger partial charge in [0.15, 0.2) is 16.4 Å². The Bertz CT molecular complexity index is 1040. The molecule has 32 heavy (non-hydrogen) atoms. The highest BCUT2D eigenvalue weighted by atomic mass is 35.5. The van der Waals surface area contributed by atoms with Crippen LogP contribution in [0.2, 0.25) is 5.02 Å². The van der Waals surface area contributed by atoms with Crippen LogP contribution in [0.5, 0.6) is 0 Å². The number of hydrogen-bond acceptors (Lipinski definition) is 6. The Balaban J connectivity index is 1.33. The Morgan fingerprint density at radius 2 is 2.03 bits per heavy atom. The molecule has 1 aromatic carbocycles. The summed E-state index contributed by atoms with van der Waals surface area (Å²) >= 11 is 13.1. The molecule has 3 fully saturated rings. The first-order chi connectivity index (χ1) is 15.6. The number of anilines is 1. The number of nitrogens with two attached hydrogens (primary N) is 1. The van der Waals surface area contributed by atoms with Crippen LogP contribution >= 0.6 is 23.2 Å². The molecule has 1 aromatic heterocycles. The zero-order chi connectivity index (χ0) is 22.1. The van der Waals surface area contributed by atoms with Gasteiger partial charge in [-0.2, -0.15) is 0 Å². The smallest absolute Gasteiger partial charge is 0.394 e. The van der Waals surface area contributed by atoms with Crippen molar-refractivity contribution in [2.24, 2.45) is 10.7 Å². The normalized spacial score (nSPS) is 22.1. The fourth-order valence-electron chi connectivity index (χ4n) is 4.53. The van der Waals surface area contributed by atoms with E-state index in [1.54, 1.807) is 0 Å². The second kappa shape index (κ2) is 9.51. The molecule has 7 nitrogen and oxygen atoms in total. The summed E-state index contributed by atoms with van der Waals surface area (Å²) in [7, 11) is 0. The number of nitrogens with zero attached hydrogens (tertiary/aromatic N) is 3. The van der Waals surface area contributed by atoms with Crippen molar-refractivity contribution in [2.75, 3.05) is 31.6 Å². The number of benzene rings is 1. The van der Waals surface area contributed by atoms with Crippen molar-refractivity contribution in [3.8, 4) is 0 Å². The SMILES string of the molecule is N/C=C(/Nc1nc2cc(C3CCN(C4COC4)CC3)c(Cl)cc2c[nH+]1)C(Cl)=NC1CCC1. The first-order valence-corrected chi connectivity index (χ1v) is 12.1. The highest BCUT2D eigenvalue weighted by Crippen LogP contribution is 2.36. The molecule has 2 aliphatic heterocycles. The Labute approximate surface area is 198 Å². The van der Waals surface area contributed by atoms with Crippen molar-refractivity contribution < 1.29 is 9.72 Å². The minimum atomic E-state index is 0.292. The average Bonchev–Trinajstić information content (AvgIpc) is 2.73. The van der Waals surface area contributed by atoms with Crippen molar-refractivity contribution in [1.29, 1.82) is 0 Å². The number of aliphatic imine (C=N–C) groups is 1. The molecule has 170 valence electrons. The van der Waals surface area contributed by atoms with E-state index >= 15 is 0 Å². The van der Waals surface area contributed by atoms with E-state index in [1.807, 2.05) is 12.3 Å². The third-order valence-electron chi connectivity index (χ3n) is 6.86. The predicted octanol–water partition coefficient (Wildman–Crippen LogP) is 3.68. The summed E-state index contributed by atoms with van der Waals surface area (Å²) < 4.78 is 5.35. The molecule has 9 heteroatoms. The summed E-state index contributed by atoms with van der Waals surface area (Å²) in [5, 5.41) is 5.32. The van der Waals surface area contributed by atoms with Gasteiger partial charge < -0.3 is 10.5 Å². The van der Waals surface area contributed by atoms with E-state index in [-0.39, 0.29) is 0 Å². The van der Waals surface area contributed by atoms with Gasteiger partial charge in [-0.1, -0.05) is 28.2 Å². The van der Waals surface area contributed by atoms with Crippen molar-refractivity contribution in [2.45, 2.75) is 50.1 Å². The van der Waals surface area contributed by atoms with Crippen molar-refractivity contribution >= 4 is 45.2 Å². The van der Waals surface area contributed by atoms with Gasteiger partial charge in [-0.25, -0.2) is 10.3 Å². The predicted molar refractivity (Wildman–Crippen MR) is 128 cm³/mol. The van der Waals surface area contributed by atoms with Gasteiger partial charge in [0.25, 0.3) is 0 Å². The minimum absolute atomic E-state index is 0.292. The number of halogens is 2. The lowest BCUT2D eigenvalue weighted by Crippen LogP contribution is -2.51. The second-order valence-electron chi connectivity index (χ2n) is 8.89. The molecular formula is C23H29Cl2N6O+. The molecule has 1 aliphatic carbocycles. The number of likely N-dealkylation sites (tertiary alicyclic amines) is 1. The van der Waals surface area contributed by atoms with Crippen LogP contribution in [0, 0.1) is 0 Å². The maximum absolute atomic E-state index is 6.68. The second-order valence-corrected chi connectivity index (χ2v) is 9.66. The van der Waals surface area contributed by atoms with Gasteiger partial charge in [-0.3, -0.25) is 9.89 Å². The standard InChI is InChI=1S/C23H28Cl2N6O/c24-19-8-15-11-27-23(30-21(10-26)22(25)28-16-2-1-3-16)29-20(15)9-18(19)14-4-6-31(7-5-14)17-12-32-13-17/h8-11,14,16-17H,1-7,12-13,26H2,(H,27,29,30)/p+1/b21-10+,28-22?. The molecule has 0 unspecified atom stereocenters. The zero-order valence-corrected chi connectivity index (χ0v) is 19.5. The van der Waals surface area contributed by atoms with Gasteiger partial charge in [-0.15, -0.1) is 0 Å². The molecule has 0 radical (unpaired) electrons. The van der Waals surface area contributed by atoms with Crippen molar-refractivity contribution in [3.63, 3.8) is 0 Å². The molecule has 5 rings (SSSR count). The number of fused-ring (bicyclic) bond motifs is 1. The van der Waals surface area contributed by atoms with Crippen LogP contribution < -0.4 is 16.0 Å². The van der Waals surface area contributed by atoms with Gasteiger partial charge in [0.1, 0.15) is 0 Å². The molecule has 2 saturated heterocycles. The van der Waals surface area contributed by atoms with E-state index in [0.717, 1.165) is 67.9 Å². The topological polar surface area (TPSA) is 89.9 Å². The van der Waals surface area contributed by atoms with Crippen LogP contribution in [0.4, 0.5) is 5.95 Å². The van der Waals surface area contributed by atoms with Crippen LogP contribution in [0.3, 0.4) is 0 Å². The number of aromatic nitrogens is 2. The number of ether oxygens (including phenoxy) is 1. The first-order valence-electron chi connectivity index (χ1n) is 11.4. The Morgan fingerprint density at radius 1 is 1.25 bits per heavy atom. The molecule has 3 aliphatic rings. The van der Waals surface area contributed by atoms with Crippen molar-refractivity contribution in [3.05, 3.63) is 40.8 Å². The van der Waals surface area contributed by atoms with Gasteiger partial charge in [0.2, 0.25) is 0 Å². The van der Waals surface area contributed by atoms with E-state index in [2.05, 4.69) is 26.3 Å². The number of hydrogen-bond donors (Lipinski definition) is 2. The third kappa shape index (κ3) is 4.57. The molecule has 0 bridgehead atoms. The van der Waals surface area contributed by atoms with E-state index in [1.165, 1.54) is 18.2 Å². The molecule has 0 atom stereocenters. The van der Waals surface area contributed by atoms with Gasteiger partial charge in [-0.05, 0) is 68.8 Å². The highest BCUT2D eigenvalue weighted by Gasteiger charge is 2.31. The maximum atomic E-state index is 6.68. The van der Waals surface area contributed by atoms with E-state index in [4.69, 9.17) is 38.7 Å². The van der Waals surface area contributed by atoms with E-state index < -0.39 is 0 Å². The molecule has 1 saturated carbocycles. The monoisotopic (exact) mass is 475 g/mol. The molecular weight excluding hydrogens is 447 g/mol. The van der Waals surface area contributed by atoms with Gasteiger partial charge in [0, 0.05) is 16.6 Å². The summed E-state index contributed by atoms with van der Waals surface area (Å²) in [5.74, 6) is 0.999. The highest BCUT2D eigenvalue weighted by molar-refractivity contribution is 6.69. The van der Waals surface area contributed by atoms with E-state index in [9.17, 15) is 0 Å². The lowest BCUT2D eigenvalue weighted by Gasteiger charge is -2.41.